The zero-order valence-electron chi connectivity index (χ0n) is 22.2. The number of nitrogens with zero attached hydrogens (tertiary/aromatic N) is 1. The molecule has 2 heterocycles. The van der Waals surface area contributed by atoms with E-state index in [1.165, 1.54) is 19.2 Å². The molecule has 4 atom stereocenters. The molecule has 2 aliphatic heterocycles. The number of rotatable bonds is 11. The Morgan fingerprint density at radius 2 is 1.89 bits per heavy atom. The fraction of sp³-hybridized carbons (Fsp3) is 0.519. The lowest BCUT2D eigenvalue weighted by atomic mass is 9.81. The number of carbonyl (C=O) groups excluding carboxylic acids is 1. The van der Waals surface area contributed by atoms with Crippen LogP contribution in [0.3, 0.4) is 0 Å². The van der Waals surface area contributed by atoms with E-state index in [1.807, 2.05) is 10.7 Å². The zero-order valence-corrected chi connectivity index (χ0v) is 23.1. The Morgan fingerprint density at radius 1 is 1.16 bits per heavy atom. The summed E-state index contributed by atoms with van der Waals surface area (Å²) in [5, 5.41) is 3.01. The minimum absolute atomic E-state index is 0.0557. The van der Waals surface area contributed by atoms with E-state index < -0.39 is 19.5 Å². The van der Waals surface area contributed by atoms with Crippen LogP contribution in [0.5, 0.6) is 17.2 Å². The average Bonchev–Trinajstić information content (AvgIpc) is 3.35. The Bertz CT molecular complexity index is 1150. The van der Waals surface area contributed by atoms with Gasteiger partial charge in [0.05, 0.1) is 12.7 Å². The summed E-state index contributed by atoms with van der Waals surface area (Å²) in [6, 6.07) is 11.1. The zero-order chi connectivity index (χ0) is 27.3. The summed E-state index contributed by atoms with van der Waals surface area (Å²) in [4.78, 5) is 12.5. The molecule has 0 radical (unpaired) electrons. The molecule has 0 aliphatic carbocycles. The molecule has 0 aromatic heterocycles. The Labute approximate surface area is 223 Å². The lowest BCUT2D eigenvalue weighted by molar-refractivity contribution is -0.149. The van der Waals surface area contributed by atoms with Gasteiger partial charge < -0.3 is 23.7 Å². The first-order chi connectivity index (χ1) is 18.2. The molecule has 208 valence electrons. The molecule has 2 aliphatic rings. The van der Waals surface area contributed by atoms with Gasteiger partial charge in [0.1, 0.15) is 24.0 Å². The summed E-state index contributed by atoms with van der Waals surface area (Å²) in [7, 11) is -1.83. The van der Waals surface area contributed by atoms with E-state index >= 15 is 0 Å². The molecule has 0 bridgehead atoms. The van der Waals surface area contributed by atoms with Crippen LogP contribution in [0.4, 0.5) is 4.39 Å². The van der Waals surface area contributed by atoms with Gasteiger partial charge in [-0.15, -0.1) is 0 Å². The Kier molecular flexibility index (Phi) is 9.31. The maximum atomic E-state index is 14.2. The highest BCUT2D eigenvalue weighted by molar-refractivity contribution is 7.59. The highest BCUT2D eigenvalue weighted by atomic mass is 31.2. The first-order valence-corrected chi connectivity index (χ1v) is 14.6. The summed E-state index contributed by atoms with van der Waals surface area (Å²) < 4.78 is 57.3. The van der Waals surface area contributed by atoms with E-state index in [4.69, 9.17) is 23.7 Å². The Morgan fingerprint density at radius 3 is 2.61 bits per heavy atom. The smallest absolute Gasteiger partial charge is 0.323 e. The summed E-state index contributed by atoms with van der Waals surface area (Å²) in [5.74, 6) is 1.13. The largest absolute Gasteiger partial charge is 0.493 e. The van der Waals surface area contributed by atoms with Crippen molar-refractivity contribution in [1.82, 2.24) is 9.76 Å². The lowest BCUT2D eigenvalue weighted by Gasteiger charge is -2.42. The lowest BCUT2D eigenvalue weighted by Crippen LogP contribution is -2.46. The SMILES string of the molecule is COCP(=O)(N[C@@H](C)C(=O)OC(C)C)N1CC[C@@H](c2ccc(F)cc2)[C@H](COc2ccc3c(c2)OCO3)C1. The summed E-state index contributed by atoms with van der Waals surface area (Å²) in [5.41, 5.74) is 0.994. The molecule has 0 spiro atoms. The van der Waals surface area contributed by atoms with Crippen LogP contribution in [0.25, 0.3) is 0 Å². The second-order valence-corrected chi connectivity index (χ2v) is 12.4. The van der Waals surface area contributed by atoms with Crippen LogP contribution in [-0.4, -0.2) is 62.7 Å². The topological polar surface area (TPSA) is 95.6 Å². The highest BCUT2D eigenvalue weighted by Gasteiger charge is 2.41. The van der Waals surface area contributed by atoms with E-state index in [2.05, 4.69) is 5.09 Å². The van der Waals surface area contributed by atoms with E-state index in [0.29, 0.717) is 43.4 Å². The van der Waals surface area contributed by atoms with Gasteiger partial charge in [-0.3, -0.25) is 9.36 Å². The quantitative estimate of drug-likeness (QED) is 0.314. The first kappa shape index (κ1) is 28.4. The van der Waals surface area contributed by atoms with Gasteiger partial charge in [0.25, 0.3) is 0 Å². The number of hydrogen-bond donors (Lipinski definition) is 1. The highest BCUT2D eigenvalue weighted by Crippen LogP contribution is 2.50. The number of piperidine rings is 1. The van der Waals surface area contributed by atoms with Crippen molar-refractivity contribution in [2.45, 2.75) is 45.3 Å². The Hall–Kier alpha value is -2.65. The van der Waals surface area contributed by atoms with Crippen molar-refractivity contribution in [2.75, 3.05) is 39.9 Å². The van der Waals surface area contributed by atoms with Crippen LogP contribution >= 0.6 is 7.44 Å². The van der Waals surface area contributed by atoms with Crippen molar-refractivity contribution < 1.29 is 37.4 Å². The fourth-order valence-electron chi connectivity index (χ4n) is 4.86. The molecule has 1 N–H and O–H groups in total. The third-order valence-corrected chi connectivity index (χ3v) is 9.36. The van der Waals surface area contributed by atoms with Crippen molar-refractivity contribution in [3.63, 3.8) is 0 Å². The van der Waals surface area contributed by atoms with E-state index in [-0.39, 0.29) is 36.9 Å². The second-order valence-electron chi connectivity index (χ2n) is 9.90. The van der Waals surface area contributed by atoms with E-state index in [0.717, 1.165) is 5.56 Å². The second kappa shape index (κ2) is 12.5. The van der Waals surface area contributed by atoms with Crippen LogP contribution < -0.4 is 19.3 Å². The number of halogens is 1. The van der Waals surface area contributed by atoms with Crippen LogP contribution in [0, 0.1) is 11.7 Å². The van der Waals surface area contributed by atoms with Crippen molar-refractivity contribution in [3.8, 4) is 17.2 Å². The van der Waals surface area contributed by atoms with Gasteiger partial charge in [0, 0.05) is 32.2 Å². The number of benzene rings is 2. The first-order valence-electron chi connectivity index (χ1n) is 12.8. The molecule has 0 saturated carbocycles. The normalized spacial score (nSPS) is 21.6. The van der Waals surface area contributed by atoms with Gasteiger partial charge in [-0.05, 0) is 62.9 Å². The van der Waals surface area contributed by atoms with Gasteiger partial charge in [-0.25, -0.2) is 14.1 Å². The van der Waals surface area contributed by atoms with Crippen LogP contribution in [0.2, 0.25) is 0 Å². The number of nitrogens with one attached hydrogen (secondary N) is 1. The molecule has 38 heavy (non-hydrogen) atoms. The van der Waals surface area contributed by atoms with Crippen LogP contribution in [-0.2, 0) is 18.8 Å². The van der Waals surface area contributed by atoms with Gasteiger partial charge in [-0.1, -0.05) is 12.1 Å². The maximum absolute atomic E-state index is 14.2. The maximum Gasteiger partial charge on any atom is 0.323 e. The molecule has 4 rings (SSSR count). The summed E-state index contributed by atoms with van der Waals surface area (Å²) in [6.07, 6.45) is 0.322. The van der Waals surface area contributed by atoms with Crippen molar-refractivity contribution >= 4 is 13.4 Å². The van der Waals surface area contributed by atoms with E-state index in [9.17, 15) is 13.8 Å². The molecule has 2 aromatic rings. The minimum atomic E-state index is -3.31. The summed E-state index contributed by atoms with van der Waals surface area (Å²) >= 11 is 0. The van der Waals surface area contributed by atoms with Gasteiger partial charge >= 0.3 is 5.97 Å². The Balaban J connectivity index is 1.53. The fourth-order valence-corrected chi connectivity index (χ4v) is 7.23. The molecular formula is C27H36FN2O7P. The van der Waals surface area contributed by atoms with Crippen molar-refractivity contribution in [2.24, 2.45) is 5.92 Å². The minimum Gasteiger partial charge on any atom is -0.493 e. The number of hydrogen-bond acceptors (Lipinski definition) is 7. The van der Waals surface area contributed by atoms with Crippen LogP contribution in [0.1, 0.15) is 38.7 Å². The summed E-state index contributed by atoms with van der Waals surface area (Å²) in [6.45, 7) is 6.60. The standard InChI is InChI=1S/C27H36FN2O7P/c1-18(2)37-27(31)19(3)29-38(32,17-33-4)30-12-11-24(20-5-7-22(28)8-6-20)21(14-30)15-34-23-9-10-25-26(13-23)36-16-35-25/h5-10,13,18-19,21,24H,11-12,14-17H2,1-4H3,(H,29,32)/t19-,21-,24-,38?/m0/s1. The molecular weight excluding hydrogens is 514 g/mol. The van der Waals surface area contributed by atoms with Crippen LogP contribution in [0.15, 0.2) is 42.5 Å². The third-order valence-electron chi connectivity index (χ3n) is 6.68. The molecule has 9 nitrogen and oxygen atoms in total. The van der Waals surface area contributed by atoms with Gasteiger partial charge in [0.2, 0.25) is 14.2 Å². The van der Waals surface area contributed by atoms with Crippen molar-refractivity contribution in [3.05, 3.63) is 53.8 Å². The molecule has 1 unspecified atom stereocenters. The molecule has 0 amide bonds. The number of methoxy groups -OCH3 is 1. The number of carbonyl (C=O) groups is 1. The monoisotopic (exact) mass is 550 g/mol. The predicted octanol–water partition coefficient (Wildman–Crippen LogP) is 4.77. The van der Waals surface area contributed by atoms with Gasteiger partial charge in [0.15, 0.2) is 11.5 Å². The molecule has 1 fully saturated rings. The number of ether oxygens (including phenoxy) is 5. The molecule has 2 aromatic carbocycles. The predicted molar refractivity (Wildman–Crippen MR) is 140 cm³/mol. The van der Waals surface area contributed by atoms with Crippen molar-refractivity contribution in [1.29, 1.82) is 0 Å². The third kappa shape index (κ3) is 6.86. The number of fused-ring (bicyclic) bond motifs is 1. The van der Waals surface area contributed by atoms with E-state index in [1.54, 1.807) is 45.0 Å². The molecule has 11 heteroatoms. The molecule has 1 saturated heterocycles. The van der Waals surface area contributed by atoms with Gasteiger partial charge in [-0.2, -0.15) is 0 Å². The number of esters is 1. The average molecular weight is 551 g/mol.